The molecular weight excluding hydrogens is 344 g/mol. The number of rotatable bonds is 5. The van der Waals surface area contributed by atoms with Crippen LogP contribution >= 0.6 is 0 Å². The average molecular weight is 364 g/mol. The molecule has 3 aromatic heterocycles. The van der Waals surface area contributed by atoms with Gasteiger partial charge in [-0.1, -0.05) is 6.08 Å². The first-order valence-corrected chi connectivity index (χ1v) is 8.93. The number of carbonyl (C=O) groups excluding carboxylic acids is 2. The minimum atomic E-state index is -0.304. The molecule has 0 aromatic carbocycles. The third-order valence-electron chi connectivity index (χ3n) is 4.73. The molecule has 2 N–H and O–H groups in total. The Kier molecular flexibility index (Phi) is 4.74. The highest BCUT2D eigenvalue weighted by molar-refractivity contribution is 5.92. The van der Waals surface area contributed by atoms with Crippen molar-refractivity contribution < 1.29 is 14.0 Å². The quantitative estimate of drug-likeness (QED) is 0.728. The summed E-state index contributed by atoms with van der Waals surface area (Å²) in [5, 5.41) is 3.80. The molecule has 0 radical (unpaired) electrons. The number of furan rings is 1. The Balaban J connectivity index is 1.31. The van der Waals surface area contributed by atoms with Crippen molar-refractivity contribution in [2.75, 3.05) is 19.6 Å². The van der Waals surface area contributed by atoms with Gasteiger partial charge in [0.25, 0.3) is 5.91 Å². The van der Waals surface area contributed by atoms with Gasteiger partial charge >= 0.3 is 0 Å². The lowest BCUT2D eigenvalue weighted by Gasteiger charge is -2.26. The summed E-state index contributed by atoms with van der Waals surface area (Å²) in [6.45, 7) is 1.54. The molecule has 1 aliphatic heterocycles. The number of H-pyrrole nitrogens is 1. The van der Waals surface area contributed by atoms with Crippen molar-refractivity contribution in [3.8, 4) is 0 Å². The van der Waals surface area contributed by atoms with E-state index in [0.29, 0.717) is 19.6 Å². The number of aromatic amines is 1. The Hall–Kier alpha value is -3.35. The van der Waals surface area contributed by atoms with Crippen LogP contribution in [0.15, 0.2) is 53.4 Å². The lowest BCUT2D eigenvalue weighted by atomic mass is 9.99. The van der Waals surface area contributed by atoms with Gasteiger partial charge in [0.15, 0.2) is 5.76 Å². The third kappa shape index (κ3) is 3.62. The summed E-state index contributed by atoms with van der Waals surface area (Å²) in [6, 6.07) is 7.22. The first-order valence-electron chi connectivity index (χ1n) is 8.93. The second kappa shape index (κ2) is 7.49. The number of amides is 2. The number of hydrogen-bond acceptors (Lipinski definition) is 4. The van der Waals surface area contributed by atoms with Gasteiger partial charge in [0.2, 0.25) is 5.91 Å². The van der Waals surface area contributed by atoms with E-state index >= 15 is 0 Å². The molecule has 0 unspecified atom stereocenters. The van der Waals surface area contributed by atoms with Crippen LogP contribution < -0.4 is 5.32 Å². The van der Waals surface area contributed by atoms with Gasteiger partial charge in [0, 0.05) is 49.4 Å². The molecule has 0 spiro atoms. The van der Waals surface area contributed by atoms with E-state index in [1.807, 2.05) is 23.2 Å². The highest BCUT2D eigenvalue weighted by Crippen LogP contribution is 2.28. The standard InChI is InChI=1S/C20H20N4O3/c25-18(5-9-22-20(26)17-4-2-12-27-17)24-10-6-14(7-11-24)16-13-23-19-15(16)3-1-8-21-19/h1-4,6,8,12-13H,5,7,9-11H2,(H,21,23)(H,22,26). The van der Waals surface area contributed by atoms with Crippen LogP contribution in [0.3, 0.4) is 0 Å². The van der Waals surface area contributed by atoms with Gasteiger partial charge in [-0.2, -0.15) is 0 Å². The molecule has 0 atom stereocenters. The van der Waals surface area contributed by atoms with Crippen molar-refractivity contribution in [1.82, 2.24) is 20.2 Å². The fraction of sp³-hybridized carbons (Fsp3) is 0.250. The number of hydrogen-bond donors (Lipinski definition) is 2. The first-order chi connectivity index (χ1) is 13.2. The number of fused-ring (bicyclic) bond motifs is 1. The van der Waals surface area contributed by atoms with Crippen molar-refractivity contribution in [3.63, 3.8) is 0 Å². The molecular formula is C20H20N4O3. The SMILES string of the molecule is O=C(NCCC(=O)N1CC=C(c2c[nH]c3ncccc23)CC1)c1ccco1. The van der Waals surface area contributed by atoms with Crippen molar-refractivity contribution >= 4 is 28.4 Å². The van der Waals surface area contributed by atoms with Crippen LogP contribution in [-0.2, 0) is 4.79 Å². The van der Waals surface area contributed by atoms with E-state index in [1.165, 1.54) is 11.8 Å². The number of aromatic nitrogens is 2. The molecule has 27 heavy (non-hydrogen) atoms. The van der Waals surface area contributed by atoms with Crippen molar-refractivity contribution in [2.24, 2.45) is 0 Å². The lowest BCUT2D eigenvalue weighted by molar-refractivity contribution is -0.130. The molecule has 4 rings (SSSR count). The fourth-order valence-electron chi connectivity index (χ4n) is 3.30. The highest BCUT2D eigenvalue weighted by atomic mass is 16.3. The first kappa shape index (κ1) is 17.1. The van der Waals surface area contributed by atoms with Gasteiger partial charge in [-0.15, -0.1) is 0 Å². The molecule has 0 fully saturated rings. The predicted octanol–water partition coefficient (Wildman–Crippen LogP) is 2.59. The largest absolute Gasteiger partial charge is 0.459 e. The van der Waals surface area contributed by atoms with Crippen LogP contribution in [0.5, 0.6) is 0 Å². The summed E-state index contributed by atoms with van der Waals surface area (Å²) >= 11 is 0. The molecule has 4 heterocycles. The van der Waals surface area contributed by atoms with Crippen LogP contribution in [0.1, 0.15) is 29.0 Å². The number of nitrogens with zero attached hydrogens (tertiary/aromatic N) is 2. The van der Waals surface area contributed by atoms with Crippen LogP contribution in [0, 0.1) is 0 Å². The second-order valence-electron chi connectivity index (χ2n) is 6.40. The van der Waals surface area contributed by atoms with Gasteiger partial charge in [-0.25, -0.2) is 4.98 Å². The minimum absolute atomic E-state index is 0.0330. The van der Waals surface area contributed by atoms with E-state index in [2.05, 4.69) is 21.4 Å². The maximum Gasteiger partial charge on any atom is 0.286 e. The zero-order valence-electron chi connectivity index (χ0n) is 14.8. The van der Waals surface area contributed by atoms with Crippen LogP contribution in [-0.4, -0.2) is 46.3 Å². The number of carbonyl (C=O) groups is 2. The molecule has 0 saturated heterocycles. The maximum absolute atomic E-state index is 12.4. The van der Waals surface area contributed by atoms with Crippen LogP contribution in [0.4, 0.5) is 0 Å². The molecule has 138 valence electrons. The molecule has 7 nitrogen and oxygen atoms in total. The Morgan fingerprint density at radius 3 is 3.00 bits per heavy atom. The van der Waals surface area contributed by atoms with Gasteiger partial charge in [0.05, 0.1) is 6.26 Å². The van der Waals surface area contributed by atoms with E-state index in [0.717, 1.165) is 23.0 Å². The minimum Gasteiger partial charge on any atom is -0.459 e. The van der Waals surface area contributed by atoms with Crippen LogP contribution in [0.25, 0.3) is 16.6 Å². The van der Waals surface area contributed by atoms with Gasteiger partial charge < -0.3 is 19.6 Å². The summed E-state index contributed by atoms with van der Waals surface area (Å²) in [4.78, 5) is 33.5. The third-order valence-corrected chi connectivity index (χ3v) is 4.73. The normalized spacial score (nSPS) is 14.2. The zero-order chi connectivity index (χ0) is 18.6. The van der Waals surface area contributed by atoms with E-state index in [9.17, 15) is 9.59 Å². The monoisotopic (exact) mass is 364 g/mol. The lowest BCUT2D eigenvalue weighted by Crippen LogP contribution is -2.37. The zero-order valence-corrected chi connectivity index (χ0v) is 14.8. The van der Waals surface area contributed by atoms with E-state index in [4.69, 9.17) is 4.42 Å². The maximum atomic E-state index is 12.4. The highest BCUT2D eigenvalue weighted by Gasteiger charge is 2.19. The van der Waals surface area contributed by atoms with E-state index in [1.54, 1.807) is 18.3 Å². The van der Waals surface area contributed by atoms with Gasteiger partial charge in [-0.3, -0.25) is 9.59 Å². The number of nitrogens with one attached hydrogen (secondary N) is 2. The molecule has 7 heteroatoms. The van der Waals surface area contributed by atoms with Crippen molar-refractivity contribution in [3.05, 3.63) is 60.3 Å². The molecule has 0 bridgehead atoms. The smallest absolute Gasteiger partial charge is 0.286 e. The van der Waals surface area contributed by atoms with Crippen LogP contribution in [0.2, 0.25) is 0 Å². The van der Waals surface area contributed by atoms with E-state index < -0.39 is 0 Å². The van der Waals surface area contributed by atoms with Gasteiger partial charge in [0.1, 0.15) is 5.65 Å². The molecule has 1 aliphatic rings. The summed E-state index contributed by atoms with van der Waals surface area (Å²) in [6.07, 6.45) is 8.35. The molecule has 0 saturated carbocycles. The van der Waals surface area contributed by atoms with Gasteiger partial charge in [-0.05, 0) is 36.3 Å². The average Bonchev–Trinajstić information content (AvgIpc) is 3.38. The fourth-order valence-corrected chi connectivity index (χ4v) is 3.30. The summed E-state index contributed by atoms with van der Waals surface area (Å²) in [5.41, 5.74) is 3.25. The van der Waals surface area contributed by atoms with Crippen molar-refractivity contribution in [2.45, 2.75) is 12.8 Å². The topological polar surface area (TPSA) is 91.2 Å². The Bertz CT molecular complexity index is 988. The van der Waals surface area contributed by atoms with E-state index in [-0.39, 0.29) is 24.0 Å². The Morgan fingerprint density at radius 2 is 2.22 bits per heavy atom. The summed E-state index contributed by atoms with van der Waals surface area (Å²) < 4.78 is 5.02. The molecule has 2 amide bonds. The molecule has 0 aliphatic carbocycles. The summed E-state index contributed by atoms with van der Waals surface area (Å²) in [7, 11) is 0. The Morgan fingerprint density at radius 1 is 1.30 bits per heavy atom. The predicted molar refractivity (Wildman–Crippen MR) is 101 cm³/mol. The second-order valence-corrected chi connectivity index (χ2v) is 6.40. The molecule has 3 aromatic rings. The Labute approximate surface area is 156 Å². The van der Waals surface area contributed by atoms with Crippen molar-refractivity contribution in [1.29, 1.82) is 0 Å². The summed E-state index contributed by atoms with van der Waals surface area (Å²) in [5.74, 6) is -0.0200. The number of pyridine rings is 1.